The number of hydrogen-bond donors (Lipinski definition) is 3. The molecule has 2 atom stereocenters. The van der Waals surface area contributed by atoms with Gasteiger partial charge in [-0.1, -0.05) is 6.92 Å². The topological polar surface area (TPSA) is 97.9 Å². The maximum absolute atomic E-state index is 12.7. The van der Waals surface area contributed by atoms with Gasteiger partial charge in [-0.05, 0) is 32.8 Å². The fourth-order valence-corrected chi connectivity index (χ4v) is 3.20. The molecule has 3 rings (SSSR count). The van der Waals surface area contributed by atoms with Crippen LogP contribution < -0.4 is 0 Å². The zero-order valence-electron chi connectivity index (χ0n) is 13.8. The second-order valence-corrected chi connectivity index (χ2v) is 6.31. The van der Waals surface area contributed by atoms with Crippen LogP contribution in [0, 0.1) is 19.8 Å². The highest BCUT2D eigenvalue weighted by Gasteiger charge is 2.36. The SMILES string of the molecule is CCc1[nH]nc(C(=O)N2C[C@@H](Cc3cc(C)[nH]n3)[C@H](O)C2)c1C. The lowest BCUT2D eigenvalue weighted by Crippen LogP contribution is -2.30. The Labute approximate surface area is 135 Å². The van der Waals surface area contributed by atoms with Crippen LogP contribution in [0.15, 0.2) is 6.07 Å². The minimum absolute atomic E-state index is 0.00606. The second kappa shape index (κ2) is 6.16. The minimum atomic E-state index is -0.527. The molecule has 0 spiro atoms. The third-order valence-corrected chi connectivity index (χ3v) is 4.59. The molecule has 0 saturated carbocycles. The number of carbonyl (C=O) groups excluding carboxylic acids is 1. The number of aryl methyl sites for hydroxylation is 2. The summed E-state index contributed by atoms with van der Waals surface area (Å²) in [6.45, 7) is 6.76. The third-order valence-electron chi connectivity index (χ3n) is 4.59. The maximum Gasteiger partial charge on any atom is 0.274 e. The summed E-state index contributed by atoms with van der Waals surface area (Å²) in [6, 6.07) is 1.97. The van der Waals surface area contributed by atoms with Crippen LogP contribution in [0.5, 0.6) is 0 Å². The number of carbonyl (C=O) groups is 1. The summed E-state index contributed by atoms with van der Waals surface area (Å²) in [5.41, 5.74) is 4.27. The summed E-state index contributed by atoms with van der Waals surface area (Å²) < 4.78 is 0. The Bertz CT molecular complexity index is 705. The van der Waals surface area contributed by atoms with Crippen molar-refractivity contribution in [1.82, 2.24) is 25.3 Å². The molecule has 1 aliphatic heterocycles. The van der Waals surface area contributed by atoms with Crippen molar-refractivity contribution in [3.63, 3.8) is 0 Å². The average Bonchev–Trinajstić information content (AvgIpc) is 3.19. The quantitative estimate of drug-likeness (QED) is 0.783. The second-order valence-electron chi connectivity index (χ2n) is 6.31. The summed E-state index contributed by atoms with van der Waals surface area (Å²) in [5, 5.41) is 24.5. The number of aliphatic hydroxyl groups is 1. The number of amides is 1. The molecule has 124 valence electrons. The first-order chi connectivity index (χ1) is 11.0. The lowest BCUT2D eigenvalue weighted by atomic mass is 10.0. The molecule has 0 bridgehead atoms. The van der Waals surface area contributed by atoms with E-state index < -0.39 is 6.10 Å². The van der Waals surface area contributed by atoms with Gasteiger partial charge < -0.3 is 10.0 Å². The number of hydrogen-bond acceptors (Lipinski definition) is 4. The minimum Gasteiger partial charge on any atom is -0.391 e. The summed E-state index contributed by atoms with van der Waals surface area (Å²) in [5.74, 6) is -0.107. The van der Waals surface area contributed by atoms with E-state index in [0.29, 0.717) is 25.2 Å². The smallest absolute Gasteiger partial charge is 0.274 e. The molecule has 1 fully saturated rings. The van der Waals surface area contributed by atoms with Gasteiger partial charge in [-0.15, -0.1) is 0 Å². The Hall–Kier alpha value is -2.15. The lowest BCUT2D eigenvalue weighted by Gasteiger charge is -2.15. The van der Waals surface area contributed by atoms with Gasteiger partial charge in [-0.2, -0.15) is 10.2 Å². The first kappa shape index (κ1) is 15.7. The first-order valence-electron chi connectivity index (χ1n) is 8.01. The normalized spacial score (nSPS) is 21.1. The molecule has 3 heterocycles. The van der Waals surface area contributed by atoms with Crippen molar-refractivity contribution in [3.05, 3.63) is 34.4 Å². The van der Waals surface area contributed by atoms with Crippen molar-refractivity contribution in [2.45, 2.75) is 39.7 Å². The van der Waals surface area contributed by atoms with E-state index in [9.17, 15) is 9.90 Å². The molecule has 3 N–H and O–H groups in total. The van der Waals surface area contributed by atoms with Crippen LogP contribution >= 0.6 is 0 Å². The summed E-state index contributed by atoms with van der Waals surface area (Å²) in [7, 11) is 0. The number of aliphatic hydroxyl groups excluding tert-OH is 1. The van der Waals surface area contributed by atoms with Crippen LogP contribution in [0.2, 0.25) is 0 Å². The number of H-pyrrole nitrogens is 2. The van der Waals surface area contributed by atoms with Gasteiger partial charge in [0.25, 0.3) is 5.91 Å². The Morgan fingerprint density at radius 3 is 2.74 bits per heavy atom. The molecular weight excluding hydrogens is 294 g/mol. The molecule has 2 aromatic rings. The summed E-state index contributed by atoms with van der Waals surface area (Å²) in [4.78, 5) is 14.3. The van der Waals surface area contributed by atoms with Crippen LogP contribution in [0.25, 0.3) is 0 Å². The van der Waals surface area contributed by atoms with E-state index in [1.165, 1.54) is 0 Å². The number of nitrogens with one attached hydrogen (secondary N) is 2. The third kappa shape index (κ3) is 3.01. The van der Waals surface area contributed by atoms with E-state index in [1.54, 1.807) is 4.90 Å². The molecule has 7 heteroatoms. The number of β-amino-alcohol motifs (C(OH)–C–C–N with tert-alkyl or cyclic N) is 1. The fraction of sp³-hybridized carbons (Fsp3) is 0.562. The molecule has 0 aromatic carbocycles. The van der Waals surface area contributed by atoms with Crippen molar-refractivity contribution >= 4 is 5.91 Å². The van der Waals surface area contributed by atoms with Crippen LogP contribution in [-0.2, 0) is 12.8 Å². The fourth-order valence-electron chi connectivity index (χ4n) is 3.20. The molecular formula is C16H23N5O2. The van der Waals surface area contributed by atoms with Gasteiger partial charge >= 0.3 is 0 Å². The number of rotatable bonds is 4. The zero-order chi connectivity index (χ0) is 16.6. The van der Waals surface area contributed by atoms with Crippen LogP contribution in [0.1, 0.15) is 40.1 Å². The highest BCUT2D eigenvalue weighted by molar-refractivity contribution is 5.94. The number of nitrogens with zero attached hydrogens (tertiary/aromatic N) is 3. The monoisotopic (exact) mass is 317 g/mol. The van der Waals surface area contributed by atoms with Crippen LogP contribution in [0.3, 0.4) is 0 Å². The lowest BCUT2D eigenvalue weighted by molar-refractivity contribution is 0.0758. The van der Waals surface area contributed by atoms with Gasteiger partial charge in [0.2, 0.25) is 0 Å². The molecule has 1 saturated heterocycles. The van der Waals surface area contributed by atoms with E-state index in [-0.39, 0.29) is 11.8 Å². The Kier molecular flexibility index (Phi) is 4.21. The number of aromatic nitrogens is 4. The van der Waals surface area contributed by atoms with E-state index >= 15 is 0 Å². The Morgan fingerprint density at radius 2 is 2.13 bits per heavy atom. The van der Waals surface area contributed by atoms with Gasteiger partial charge in [0.1, 0.15) is 0 Å². The largest absolute Gasteiger partial charge is 0.391 e. The predicted octanol–water partition coefficient (Wildman–Crippen LogP) is 0.988. The van der Waals surface area contributed by atoms with Gasteiger partial charge in [0.05, 0.1) is 11.8 Å². The molecule has 0 radical (unpaired) electrons. The van der Waals surface area contributed by atoms with Gasteiger partial charge in [0.15, 0.2) is 5.69 Å². The summed E-state index contributed by atoms with van der Waals surface area (Å²) >= 11 is 0. The predicted molar refractivity (Wildman–Crippen MR) is 85.1 cm³/mol. The van der Waals surface area contributed by atoms with Crippen LogP contribution in [-0.4, -0.2) is 55.5 Å². The van der Waals surface area contributed by atoms with Crippen molar-refractivity contribution < 1.29 is 9.90 Å². The molecule has 7 nitrogen and oxygen atoms in total. The Balaban J connectivity index is 1.70. The van der Waals surface area contributed by atoms with Crippen LogP contribution in [0.4, 0.5) is 0 Å². The van der Waals surface area contributed by atoms with Crippen molar-refractivity contribution in [2.24, 2.45) is 5.92 Å². The standard InChI is InChI=1S/C16H23N5O2/c1-4-13-10(3)15(20-19-13)16(23)21-7-11(14(22)8-21)6-12-5-9(2)17-18-12/h5,11,14,22H,4,6-8H2,1-3H3,(H,17,18)(H,19,20)/t11-,14-/m1/s1. The molecule has 1 aliphatic rings. The number of likely N-dealkylation sites (tertiary alicyclic amines) is 1. The maximum atomic E-state index is 12.7. The van der Waals surface area contributed by atoms with Gasteiger partial charge in [-0.25, -0.2) is 0 Å². The van der Waals surface area contributed by atoms with E-state index in [4.69, 9.17) is 0 Å². The van der Waals surface area contributed by atoms with Gasteiger partial charge in [0, 0.05) is 36.0 Å². The molecule has 1 amide bonds. The first-order valence-corrected chi connectivity index (χ1v) is 8.01. The average molecular weight is 317 g/mol. The molecule has 0 unspecified atom stereocenters. The van der Waals surface area contributed by atoms with E-state index in [0.717, 1.165) is 29.1 Å². The van der Waals surface area contributed by atoms with Crippen molar-refractivity contribution in [1.29, 1.82) is 0 Å². The Morgan fingerprint density at radius 1 is 1.35 bits per heavy atom. The highest BCUT2D eigenvalue weighted by atomic mass is 16.3. The number of aromatic amines is 2. The summed E-state index contributed by atoms with van der Waals surface area (Å²) in [6.07, 6.45) is 0.950. The van der Waals surface area contributed by atoms with Gasteiger partial charge in [-0.3, -0.25) is 15.0 Å². The van der Waals surface area contributed by atoms with Crippen molar-refractivity contribution in [2.75, 3.05) is 13.1 Å². The van der Waals surface area contributed by atoms with Crippen molar-refractivity contribution in [3.8, 4) is 0 Å². The molecule has 2 aromatic heterocycles. The molecule has 0 aliphatic carbocycles. The zero-order valence-corrected chi connectivity index (χ0v) is 13.8. The molecule has 23 heavy (non-hydrogen) atoms. The van der Waals surface area contributed by atoms with E-state index in [1.807, 2.05) is 26.8 Å². The highest BCUT2D eigenvalue weighted by Crippen LogP contribution is 2.23. The van der Waals surface area contributed by atoms with E-state index in [2.05, 4.69) is 20.4 Å².